The number of nitrogens with two attached hydrogens (primary N) is 1. The van der Waals surface area contributed by atoms with Crippen LogP contribution in [-0.4, -0.2) is 6.04 Å². The Hall–Kier alpha value is -0.820. The molecular weight excluding hydrogens is 182 g/mol. The van der Waals surface area contributed by atoms with Crippen LogP contribution < -0.4 is 5.73 Å². The Bertz CT molecular complexity index is 293. The Morgan fingerprint density at radius 1 is 1.33 bits per heavy atom. The van der Waals surface area contributed by atoms with Crippen molar-refractivity contribution in [1.29, 1.82) is 0 Å². The lowest BCUT2D eigenvalue weighted by Gasteiger charge is -2.10. The molecule has 0 amide bonds. The average Bonchev–Trinajstić information content (AvgIpc) is 3.07. The van der Waals surface area contributed by atoms with Crippen molar-refractivity contribution in [1.82, 2.24) is 0 Å². The summed E-state index contributed by atoms with van der Waals surface area (Å²) >= 11 is 0. The molecule has 2 N–H and O–H groups in total. The molecule has 0 saturated heterocycles. The van der Waals surface area contributed by atoms with Crippen molar-refractivity contribution in [2.75, 3.05) is 0 Å². The molecule has 0 spiro atoms. The predicted octanol–water partition coefficient (Wildman–Crippen LogP) is 3.31. The van der Waals surface area contributed by atoms with Gasteiger partial charge in [-0.25, -0.2) is 0 Å². The summed E-state index contributed by atoms with van der Waals surface area (Å²) in [6.45, 7) is 2.23. The number of hydrogen-bond acceptors (Lipinski definition) is 1. The van der Waals surface area contributed by atoms with Gasteiger partial charge in [0.25, 0.3) is 0 Å². The molecule has 2 rings (SSSR count). The molecule has 1 nitrogen and oxygen atoms in total. The minimum absolute atomic E-state index is 0.426. The van der Waals surface area contributed by atoms with Gasteiger partial charge in [-0.05, 0) is 30.2 Å². The molecule has 1 saturated carbocycles. The quantitative estimate of drug-likeness (QED) is 0.780. The van der Waals surface area contributed by atoms with E-state index in [1.165, 1.54) is 31.2 Å². The van der Waals surface area contributed by atoms with Crippen molar-refractivity contribution in [2.24, 2.45) is 11.7 Å². The van der Waals surface area contributed by atoms with Crippen molar-refractivity contribution in [2.45, 2.75) is 44.6 Å². The van der Waals surface area contributed by atoms with E-state index in [4.69, 9.17) is 5.73 Å². The number of benzene rings is 1. The largest absolute Gasteiger partial charge is 0.327 e. The van der Waals surface area contributed by atoms with Gasteiger partial charge in [0.1, 0.15) is 0 Å². The smallest absolute Gasteiger partial charge is 0.00732 e. The van der Waals surface area contributed by atoms with Gasteiger partial charge in [-0.1, -0.05) is 50.1 Å². The van der Waals surface area contributed by atoms with Gasteiger partial charge in [0, 0.05) is 6.04 Å². The zero-order valence-corrected chi connectivity index (χ0v) is 9.52. The number of rotatable bonds is 5. The molecule has 1 aliphatic carbocycles. The number of hydrogen-bond donors (Lipinski definition) is 1. The van der Waals surface area contributed by atoms with E-state index in [9.17, 15) is 0 Å². The first-order chi connectivity index (χ1) is 7.33. The van der Waals surface area contributed by atoms with Crippen LogP contribution in [-0.2, 0) is 0 Å². The Morgan fingerprint density at radius 3 is 2.73 bits per heavy atom. The standard InChI is InChI=1S/C14H21N/c1-2-3-9-14(15)13-10-12(13)11-7-5-4-6-8-11/h4-8,12-14H,2-3,9-10,15H2,1H3. The molecular formula is C14H21N. The SMILES string of the molecule is CCCCC(N)C1CC1c1ccccc1. The summed E-state index contributed by atoms with van der Waals surface area (Å²) in [6.07, 6.45) is 5.04. The van der Waals surface area contributed by atoms with Gasteiger partial charge in [-0.2, -0.15) is 0 Å². The lowest BCUT2D eigenvalue weighted by Crippen LogP contribution is -2.22. The van der Waals surface area contributed by atoms with Crippen LogP contribution in [0.4, 0.5) is 0 Å². The second-order valence-electron chi connectivity index (χ2n) is 4.72. The highest BCUT2D eigenvalue weighted by Gasteiger charge is 2.41. The van der Waals surface area contributed by atoms with Crippen LogP contribution in [0, 0.1) is 5.92 Å². The maximum absolute atomic E-state index is 6.19. The molecule has 1 aromatic carbocycles. The summed E-state index contributed by atoms with van der Waals surface area (Å²) in [5.74, 6) is 1.50. The van der Waals surface area contributed by atoms with Gasteiger partial charge in [0.05, 0.1) is 0 Å². The molecule has 0 radical (unpaired) electrons. The molecule has 0 heterocycles. The molecule has 0 bridgehead atoms. The molecule has 1 aliphatic rings. The maximum atomic E-state index is 6.19. The second kappa shape index (κ2) is 4.80. The van der Waals surface area contributed by atoms with Crippen LogP contribution in [0.5, 0.6) is 0 Å². The molecule has 3 atom stereocenters. The fourth-order valence-corrected chi connectivity index (χ4v) is 2.43. The molecule has 82 valence electrons. The lowest BCUT2D eigenvalue weighted by molar-refractivity contribution is 0.515. The Morgan fingerprint density at radius 2 is 2.07 bits per heavy atom. The van der Waals surface area contributed by atoms with Gasteiger partial charge in [-0.15, -0.1) is 0 Å². The molecule has 1 fully saturated rings. The van der Waals surface area contributed by atoms with Gasteiger partial charge < -0.3 is 5.73 Å². The average molecular weight is 203 g/mol. The molecule has 0 aliphatic heterocycles. The van der Waals surface area contributed by atoms with Gasteiger partial charge in [0.15, 0.2) is 0 Å². The summed E-state index contributed by atoms with van der Waals surface area (Å²) < 4.78 is 0. The zero-order valence-electron chi connectivity index (χ0n) is 9.52. The first-order valence-electron chi connectivity index (χ1n) is 6.13. The van der Waals surface area contributed by atoms with Crippen molar-refractivity contribution in [3.63, 3.8) is 0 Å². The topological polar surface area (TPSA) is 26.0 Å². The van der Waals surface area contributed by atoms with Gasteiger partial charge in [0.2, 0.25) is 0 Å². The van der Waals surface area contributed by atoms with E-state index in [0.29, 0.717) is 6.04 Å². The van der Waals surface area contributed by atoms with Crippen molar-refractivity contribution in [3.05, 3.63) is 35.9 Å². The minimum atomic E-state index is 0.426. The summed E-state index contributed by atoms with van der Waals surface area (Å²) in [5, 5.41) is 0. The molecule has 1 aromatic rings. The minimum Gasteiger partial charge on any atom is -0.327 e. The Labute approximate surface area is 92.7 Å². The molecule has 3 unspecified atom stereocenters. The highest BCUT2D eigenvalue weighted by atomic mass is 14.7. The van der Waals surface area contributed by atoms with E-state index >= 15 is 0 Å². The highest BCUT2D eigenvalue weighted by Crippen LogP contribution is 2.49. The third kappa shape index (κ3) is 2.60. The van der Waals surface area contributed by atoms with E-state index in [2.05, 4.69) is 37.3 Å². The van der Waals surface area contributed by atoms with Crippen LogP contribution >= 0.6 is 0 Å². The van der Waals surface area contributed by atoms with E-state index < -0.39 is 0 Å². The molecule has 15 heavy (non-hydrogen) atoms. The lowest BCUT2D eigenvalue weighted by atomic mass is 10.0. The zero-order chi connectivity index (χ0) is 10.7. The summed E-state index contributed by atoms with van der Waals surface area (Å²) in [7, 11) is 0. The third-order valence-electron chi connectivity index (χ3n) is 3.51. The maximum Gasteiger partial charge on any atom is 0.00732 e. The summed E-state index contributed by atoms with van der Waals surface area (Å²) in [6, 6.07) is 11.2. The summed E-state index contributed by atoms with van der Waals surface area (Å²) in [4.78, 5) is 0. The van der Waals surface area contributed by atoms with Gasteiger partial charge in [-0.3, -0.25) is 0 Å². The number of unbranched alkanes of at least 4 members (excludes halogenated alkanes) is 1. The first-order valence-corrected chi connectivity index (χ1v) is 6.13. The summed E-state index contributed by atoms with van der Waals surface area (Å²) in [5.41, 5.74) is 7.67. The normalized spacial score (nSPS) is 26.3. The van der Waals surface area contributed by atoms with E-state index in [1.807, 2.05) is 0 Å². The Kier molecular flexibility index (Phi) is 3.42. The van der Waals surface area contributed by atoms with Crippen LogP contribution in [0.3, 0.4) is 0 Å². The van der Waals surface area contributed by atoms with Crippen LogP contribution in [0.15, 0.2) is 30.3 Å². The van der Waals surface area contributed by atoms with E-state index in [0.717, 1.165) is 11.8 Å². The van der Waals surface area contributed by atoms with Crippen LogP contribution in [0.25, 0.3) is 0 Å². The van der Waals surface area contributed by atoms with Crippen LogP contribution in [0.1, 0.15) is 44.1 Å². The van der Waals surface area contributed by atoms with Crippen molar-refractivity contribution < 1.29 is 0 Å². The monoisotopic (exact) mass is 203 g/mol. The third-order valence-corrected chi connectivity index (χ3v) is 3.51. The van der Waals surface area contributed by atoms with Crippen molar-refractivity contribution in [3.8, 4) is 0 Å². The Balaban J connectivity index is 1.85. The fraction of sp³-hybridized carbons (Fsp3) is 0.571. The van der Waals surface area contributed by atoms with E-state index in [1.54, 1.807) is 0 Å². The highest BCUT2D eigenvalue weighted by molar-refractivity contribution is 5.26. The molecule has 0 aromatic heterocycles. The van der Waals surface area contributed by atoms with E-state index in [-0.39, 0.29) is 0 Å². The predicted molar refractivity (Wildman–Crippen MR) is 64.8 cm³/mol. The van der Waals surface area contributed by atoms with Crippen LogP contribution in [0.2, 0.25) is 0 Å². The first kappa shape index (κ1) is 10.7. The second-order valence-corrected chi connectivity index (χ2v) is 4.72. The molecule has 1 heteroatoms. The van der Waals surface area contributed by atoms with Crippen molar-refractivity contribution >= 4 is 0 Å². The fourth-order valence-electron chi connectivity index (χ4n) is 2.43. The van der Waals surface area contributed by atoms with Gasteiger partial charge >= 0.3 is 0 Å².